The maximum atomic E-state index is 6.36. The van der Waals surface area contributed by atoms with Gasteiger partial charge in [0, 0.05) is 56.0 Å². The van der Waals surface area contributed by atoms with Crippen LogP contribution in [0, 0.1) is 5.92 Å². The van der Waals surface area contributed by atoms with Crippen molar-refractivity contribution >= 4 is 41.5 Å². The van der Waals surface area contributed by atoms with Crippen LogP contribution in [0.3, 0.4) is 0 Å². The Morgan fingerprint density at radius 1 is 1.32 bits per heavy atom. The number of nitrogens with one attached hydrogen (secondary N) is 1. The Labute approximate surface area is 209 Å². The van der Waals surface area contributed by atoms with Crippen molar-refractivity contribution < 1.29 is 14.2 Å². The lowest BCUT2D eigenvalue weighted by Gasteiger charge is -2.38. The maximum Gasteiger partial charge on any atom is 0.193 e. The molecule has 3 rings (SSSR count). The third kappa shape index (κ3) is 7.65. The van der Waals surface area contributed by atoms with Crippen LogP contribution in [0.4, 0.5) is 0 Å². The summed E-state index contributed by atoms with van der Waals surface area (Å²) in [7, 11) is 3.78. The Hall–Kier alpha value is -0.770. The summed E-state index contributed by atoms with van der Waals surface area (Å²) in [6.07, 6.45) is 4.42. The van der Waals surface area contributed by atoms with E-state index in [2.05, 4.69) is 24.2 Å². The van der Waals surface area contributed by atoms with Crippen molar-refractivity contribution in [2.45, 2.75) is 38.0 Å². The number of hydrogen-bond acceptors (Lipinski definition) is 4. The van der Waals surface area contributed by atoms with E-state index in [1.165, 1.54) is 12.8 Å². The second-order valence-corrected chi connectivity index (χ2v) is 8.78. The third-order valence-electron chi connectivity index (χ3n) is 6.03. The summed E-state index contributed by atoms with van der Waals surface area (Å²) in [5.41, 5.74) is 0.967. The number of likely N-dealkylation sites (N-methyl/N-ethyl adjacent to an activating group) is 1. The van der Waals surface area contributed by atoms with Crippen LogP contribution >= 0.6 is 35.6 Å². The quantitative estimate of drug-likeness (QED) is 0.198. The largest absolute Gasteiger partial charge is 0.496 e. The fraction of sp³-hybridized carbons (Fsp3) is 0.696. The van der Waals surface area contributed by atoms with Gasteiger partial charge in [0.05, 0.1) is 20.3 Å². The third-order valence-corrected chi connectivity index (χ3v) is 6.27. The van der Waals surface area contributed by atoms with Crippen molar-refractivity contribution in [2.24, 2.45) is 10.9 Å². The summed E-state index contributed by atoms with van der Waals surface area (Å²) < 4.78 is 17.2. The summed E-state index contributed by atoms with van der Waals surface area (Å²) in [5.74, 6) is 2.56. The summed E-state index contributed by atoms with van der Waals surface area (Å²) in [6, 6.07) is 5.86. The molecule has 1 heterocycles. The Morgan fingerprint density at radius 2 is 2.06 bits per heavy atom. The fourth-order valence-electron chi connectivity index (χ4n) is 3.91. The summed E-state index contributed by atoms with van der Waals surface area (Å²) in [5, 5.41) is 4.14. The van der Waals surface area contributed by atoms with E-state index < -0.39 is 0 Å². The molecule has 1 saturated carbocycles. The number of rotatable bonds is 10. The van der Waals surface area contributed by atoms with Gasteiger partial charge in [0.25, 0.3) is 0 Å². The van der Waals surface area contributed by atoms with Crippen molar-refractivity contribution in [3.05, 3.63) is 28.8 Å². The van der Waals surface area contributed by atoms with Crippen molar-refractivity contribution in [3.8, 4) is 5.75 Å². The van der Waals surface area contributed by atoms with Crippen molar-refractivity contribution in [3.63, 3.8) is 0 Å². The van der Waals surface area contributed by atoms with E-state index >= 15 is 0 Å². The number of benzene rings is 1. The summed E-state index contributed by atoms with van der Waals surface area (Å²) in [4.78, 5) is 7.19. The van der Waals surface area contributed by atoms with Gasteiger partial charge in [-0.05, 0) is 56.7 Å². The van der Waals surface area contributed by atoms with Gasteiger partial charge in [-0.3, -0.25) is 4.99 Å². The Bertz CT molecular complexity index is 709. The average Bonchev–Trinajstić information content (AvgIpc) is 3.59. The molecule has 176 valence electrons. The first kappa shape index (κ1) is 26.5. The molecule has 6 nitrogen and oxygen atoms in total. The van der Waals surface area contributed by atoms with Gasteiger partial charge >= 0.3 is 0 Å². The number of hydrogen-bond donors (Lipinski definition) is 1. The average molecular weight is 566 g/mol. The Kier molecular flexibility index (Phi) is 11.2. The highest BCUT2D eigenvalue weighted by Gasteiger charge is 2.37. The summed E-state index contributed by atoms with van der Waals surface area (Å²) in [6.45, 7) is 7.43. The van der Waals surface area contributed by atoms with Gasteiger partial charge in [-0.2, -0.15) is 0 Å². The topological polar surface area (TPSA) is 55.3 Å². The molecule has 0 aromatic heterocycles. The molecule has 1 aliphatic carbocycles. The zero-order valence-electron chi connectivity index (χ0n) is 19.0. The number of nitrogens with zero attached hydrogens (tertiary/aromatic N) is 2. The van der Waals surface area contributed by atoms with Gasteiger partial charge in [0.2, 0.25) is 0 Å². The van der Waals surface area contributed by atoms with Gasteiger partial charge in [0.15, 0.2) is 5.96 Å². The molecule has 2 fully saturated rings. The van der Waals surface area contributed by atoms with Crippen LogP contribution in [-0.4, -0.2) is 71.1 Å². The first-order valence-electron chi connectivity index (χ1n) is 11.1. The molecule has 1 saturated heterocycles. The van der Waals surface area contributed by atoms with E-state index in [-0.39, 0.29) is 29.4 Å². The van der Waals surface area contributed by atoms with Gasteiger partial charge in [-0.25, -0.2) is 0 Å². The highest BCUT2D eigenvalue weighted by Crippen LogP contribution is 2.41. The highest BCUT2D eigenvalue weighted by atomic mass is 127. The number of aliphatic imine (C=N–C) groups is 1. The molecule has 1 aromatic carbocycles. The van der Waals surface area contributed by atoms with Crippen LogP contribution in [0.1, 0.15) is 38.2 Å². The number of methoxy groups -OCH3 is 1. The first-order valence-corrected chi connectivity index (χ1v) is 11.4. The lowest BCUT2D eigenvalue weighted by atomic mass is 9.73. The smallest absolute Gasteiger partial charge is 0.193 e. The summed E-state index contributed by atoms with van der Waals surface area (Å²) >= 11 is 6.36. The number of halogens is 2. The molecule has 1 aromatic rings. The Balaban J connectivity index is 0.00000341. The fourth-order valence-corrected chi connectivity index (χ4v) is 4.08. The van der Waals surface area contributed by atoms with Crippen molar-refractivity contribution in [2.75, 3.05) is 60.2 Å². The van der Waals surface area contributed by atoms with Crippen LogP contribution in [0.5, 0.6) is 5.75 Å². The van der Waals surface area contributed by atoms with Crippen molar-refractivity contribution in [1.82, 2.24) is 10.2 Å². The molecule has 0 atom stereocenters. The molecule has 0 unspecified atom stereocenters. The van der Waals surface area contributed by atoms with E-state index in [0.29, 0.717) is 19.8 Å². The van der Waals surface area contributed by atoms with Gasteiger partial charge in [-0.15, -0.1) is 24.0 Å². The molecule has 1 aliphatic heterocycles. The van der Waals surface area contributed by atoms with Gasteiger partial charge in [0.1, 0.15) is 5.75 Å². The molecular formula is C23H37ClIN3O3. The molecule has 1 N–H and O–H groups in total. The van der Waals surface area contributed by atoms with E-state index in [9.17, 15) is 0 Å². The van der Waals surface area contributed by atoms with Crippen molar-refractivity contribution in [1.29, 1.82) is 0 Å². The molecule has 2 aliphatic rings. The van der Waals surface area contributed by atoms with Crippen LogP contribution in [-0.2, 0) is 14.9 Å². The lowest BCUT2D eigenvalue weighted by molar-refractivity contribution is 0.0522. The molecular weight excluding hydrogens is 529 g/mol. The zero-order valence-corrected chi connectivity index (χ0v) is 22.1. The molecule has 8 heteroatoms. The second kappa shape index (κ2) is 13.1. The SMILES string of the molecule is CCNC(=NCC1(c2cc(Cl)ccc2OC)CCOCC1)N(C)CCOCC1CC1.I. The zero-order chi connectivity index (χ0) is 21.4. The highest BCUT2D eigenvalue weighted by molar-refractivity contribution is 14.0. The maximum absolute atomic E-state index is 6.36. The number of ether oxygens (including phenoxy) is 3. The van der Waals surface area contributed by atoms with Crippen LogP contribution in [0.15, 0.2) is 23.2 Å². The van der Waals surface area contributed by atoms with E-state index in [1.807, 2.05) is 18.2 Å². The molecule has 0 spiro atoms. The molecule has 0 bridgehead atoms. The molecule has 0 radical (unpaired) electrons. The van der Waals surface area contributed by atoms with Crippen LogP contribution < -0.4 is 10.1 Å². The normalized spacial score (nSPS) is 18.3. The minimum atomic E-state index is -0.154. The minimum Gasteiger partial charge on any atom is -0.496 e. The van der Waals surface area contributed by atoms with E-state index in [0.717, 1.165) is 67.4 Å². The predicted molar refractivity (Wildman–Crippen MR) is 137 cm³/mol. The van der Waals surface area contributed by atoms with Gasteiger partial charge in [-0.1, -0.05) is 11.6 Å². The van der Waals surface area contributed by atoms with Gasteiger partial charge < -0.3 is 24.4 Å². The van der Waals surface area contributed by atoms with E-state index in [4.69, 9.17) is 30.8 Å². The molecule has 0 amide bonds. The molecule has 31 heavy (non-hydrogen) atoms. The predicted octanol–water partition coefficient (Wildman–Crippen LogP) is 4.34. The van der Waals surface area contributed by atoms with E-state index in [1.54, 1.807) is 7.11 Å². The Morgan fingerprint density at radius 3 is 2.71 bits per heavy atom. The number of guanidine groups is 1. The minimum absolute atomic E-state index is 0. The second-order valence-electron chi connectivity index (χ2n) is 8.35. The lowest BCUT2D eigenvalue weighted by Crippen LogP contribution is -2.43. The van der Waals surface area contributed by atoms with Crippen LogP contribution in [0.25, 0.3) is 0 Å². The standard InChI is InChI=1S/C23H36ClN3O3.HI/c1-4-25-22(27(2)11-14-30-16-18-5-6-18)26-17-23(9-12-29-13-10-23)20-15-19(24)7-8-21(20)28-3;/h7-8,15,18H,4-6,9-14,16-17H2,1-3H3,(H,25,26);1H. The first-order chi connectivity index (χ1) is 14.6. The van der Waals surface area contributed by atoms with Crippen LogP contribution in [0.2, 0.25) is 5.02 Å². The monoisotopic (exact) mass is 565 g/mol.